The Balaban J connectivity index is 1.88. The molecule has 140 valence electrons. The lowest BCUT2D eigenvalue weighted by molar-refractivity contribution is 0.414. The van der Waals surface area contributed by atoms with E-state index in [9.17, 15) is 0 Å². The SMILES string of the molecule is COc1ccc(CN(Cc2ccc(OC)cc2)c2cc(Cl)nc(N)n2)cc1. The Morgan fingerprint density at radius 2 is 1.33 bits per heavy atom. The van der Waals surface area contributed by atoms with E-state index in [1.54, 1.807) is 20.3 Å². The Morgan fingerprint density at radius 3 is 1.74 bits per heavy atom. The highest BCUT2D eigenvalue weighted by Crippen LogP contribution is 2.23. The highest BCUT2D eigenvalue weighted by molar-refractivity contribution is 6.29. The minimum absolute atomic E-state index is 0.145. The van der Waals surface area contributed by atoms with Crippen molar-refractivity contribution in [3.63, 3.8) is 0 Å². The number of hydrogen-bond acceptors (Lipinski definition) is 6. The van der Waals surface area contributed by atoms with Gasteiger partial charge in [-0.15, -0.1) is 0 Å². The van der Waals surface area contributed by atoms with Crippen molar-refractivity contribution in [3.8, 4) is 11.5 Å². The first-order chi connectivity index (χ1) is 13.1. The van der Waals surface area contributed by atoms with Crippen molar-refractivity contribution in [2.45, 2.75) is 13.1 Å². The van der Waals surface area contributed by atoms with Gasteiger partial charge in [0.25, 0.3) is 0 Å². The van der Waals surface area contributed by atoms with E-state index >= 15 is 0 Å². The number of halogens is 1. The van der Waals surface area contributed by atoms with Gasteiger partial charge in [-0.05, 0) is 35.4 Å². The second-order valence-corrected chi connectivity index (χ2v) is 6.35. The van der Waals surface area contributed by atoms with Crippen LogP contribution in [0.25, 0.3) is 0 Å². The first-order valence-corrected chi connectivity index (χ1v) is 8.76. The van der Waals surface area contributed by atoms with Crippen LogP contribution in [0.3, 0.4) is 0 Å². The number of hydrogen-bond donors (Lipinski definition) is 1. The molecule has 0 aliphatic rings. The third kappa shape index (κ3) is 5.01. The molecule has 0 amide bonds. The third-order valence-corrected chi connectivity index (χ3v) is 4.28. The maximum Gasteiger partial charge on any atom is 0.223 e. The molecule has 2 N–H and O–H groups in total. The molecule has 0 spiro atoms. The second-order valence-electron chi connectivity index (χ2n) is 5.96. The topological polar surface area (TPSA) is 73.5 Å². The summed E-state index contributed by atoms with van der Waals surface area (Å²) in [6, 6.07) is 17.5. The summed E-state index contributed by atoms with van der Waals surface area (Å²) in [5.41, 5.74) is 8.01. The zero-order valence-corrected chi connectivity index (χ0v) is 16.0. The summed E-state index contributed by atoms with van der Waals surface area (Å²) in [4.78, 5) is 10.4. The van der Waals surface area contributed by atoms with Gasteiger partial charge in [-0.1, -0.05) is 35.9 Å². The fourth-order valence-electron chi connectivity index (χ4n) is 2.71. The van der Waals surface area contributed by atoms with Gasteiger partial charge in [0.15, 0.2) is 0 Å². The average Bonchev–Trinajstić information content (AvgIpc) is 2.68. The molecule has 7 heteroatoms. The molecule has 0 aliphatic carbocycles. The fraction of sp³-hybridized carbons (Fsp3) is 0.200. The lowest BCUT2D eigenvalue weighted by Gasteiger charge is -2.24. The molecule has 0 bridgehead atoms. The molecule has 0 aliphatic heterocycles. The maximum atomic E-state index is 6.09. The van der Waals surface area contributed by atoms with Crippen molar-refractivity contribution in [1.29, 1.82) is 0 Å². The summed E-state index contributed by atoms with van der Waals surface area (Å²) in [7, 11) is 3.30. The summed E-state index contributed by atoms with van der Waals surface area (Å²) < 4.78 is 10.5. The van der Waals surface area contributed by atoms with Crippen LogP contribution in [-0.2, 0) is 13.1 Å². The highest BCUT2D eigenvalue weighted by Gasteiger charge is 2.13. The first-order valence-electron chi connectivity index (χ1n) is 8.38. The van der Waals surface area contributed by atoms with Crippen molar-refractivity contribution in [3.05, 3.63) is 70.9 Å². The van der Waals surface area contributed by atoms with Crippen LogP contribution in [0.1, 0.15) is 11.1 Å². The lowest BCUT2D eigenvalue weighted by Crippen LogP contribution is -2.23. The van der Waals surface area contributed by atoms with Crippen LogP contribution in [0.5, 0.6) is 11.5 Å². The Morgan fingerprint density at radius 1 is 0.852 bits per heavy atom. The predicted octanol–water partition coefficient (Wildman–Crippen LogP) is 3.94. The second kappa shape index (κ2) is 8.60. The summed E-state index contributed by atoms with van der Waals surface area (Å²) in [6.45, 7) is 1.26. The Hall–Kier alpha value is -2.99. The Labute approximate surface area is 163 Å². The molecule has 1 heterocycles. The third-order valence-electron chi connectivity index (χ3n) is 4.09. The fourth-order valence-corrected chi connectivity index (χ4v) is 2.89. The largest absolute Gasteiger partial charge is 0.497 e. The minimum Gasteiger partial charge on any atom is -0.497 e. The molecule has 2 aromatic carbocycles. The molecule has 3 rings (SSSR count). The van der Waals surface area contributed by atoms with Crippen molar-refractivity contribution in [1.82, 2.24) is 9.97 Å². The van der Waals surface area contributed by atoms with Gasteiger partial charge in [0.1, 0.15) is 22.5 Å². The predicted molar refractivity (Wildman–Crippen MR) is 107 cm³/mol. The lowest BCUT2D eigenvalue weighted by atomic mass is 10.1. The van der Waals surface area contributed by atoms with Gasteiger partial charge in [-0.3, -0.25) is 0 Å². The normalized spacial score (nSPS) is 10.5. The van der Waals surface area contributed by atoms with Gasteiger partial charge in [-0.2, -0.15) is 4.98 Å². The molecule has 0 saturated heterocycles. The number of methoxy groups -OCH3 is 2. The van der Waals surface area contributed by atoms with E-state index in [1.807, 2.05) is 48.5 Å². The van der Waals surface area contributed by atoms with Crippen LogP contribution in [0, 0.1) is 0 Å². The van der Waals surface area contributed by atoms with Crippen molar-refractivity contribution < 1.29 is 9.47 Å². The Kier molecular flexibility index (Phi) is 5.98. The van der Waals surface area contributed by atoms with E-state index in [0.29, 0.717) is 24.1 Å². The quantitative estimate of drug-likeness (QED) is 0.622. The van der Waals surface area contributed by atoms with Crippen LogP contribution in [0.15, 0.2) is 54.6 Å². The number of nitrogen functional groups attached to an aromatic ring is 1. The monoisotopic (exact) mass is 384 g/mol. The molecule has 3 aromatic rings. The standard InChI is InChI=1S/C20H21ClN4O2/c1-26-16-7-3-14(4-8-16)12-25(19-11-18(21)23-20(22)24-19)13-15-5-9-17(27-2)10-6-15/h3-11H,12-13H2,1-2H3,(H2,22,23,24). The van der Waals surface area contributed by atoms with Crippen LogP contribution in [0.2, 0.25) is 5.15 Å². The van der Waals surface area contributed by atoms with Gasteiger partial charge < -0.3 is 20.1 Å². The number of aromatic nitrogens is 2. The molecule has 1 aromatic heterocycles. The molecule has 0 fully saturated rings. The van der Waals surface area contributed by atoms with E-state index in [4.69, 9.17) is 26.8 Å². The minimum atomic E-state index is 0.145. The summed E-state index contributed by atoms with van der Waals surface area (Å²) in [5, 5.41) is 0.312. The smallest absolute Gasteiger partial charge is 0.223 e. The number of nitrogens with two attached hydrogens (primary N) is 1. The molecule has 0 radical (unpaired) electrons. The van der Waals surface area contributed by atoms with Crippen LogP contribution >= 0.6 is 11.6 Å². The zero-order valence-electron chi connectivity index (χ0n) is 15.2. The van der Waals surface area contributed by atoms with Crippen LogP contribution < -0.4 is 20.1 Å². The van der Waals surface area contributed by atoms with Crippen LogP contribution in [-0.4, -0.2) is 24.2 Å². The van der Waals surface area contributed by atoms with Crippen molar-refractivity contribution in [2.24, 2.45) is 0 Å². The molecule has 0 atom stereocenters. The van der Waals surface area contributed by atoms with Gasteiger partial charge >= 0.3 is 0 Å². The summed E-state index contributed by atoms with van der Waals surface area (Å²) >= 11 is 6.09. The van der Waals surface area contributed by atoms with E-state index in [2.05, 4.69) is 14.9 Å². The first kappa shape index (κ1) is 18.8. The number of ether oxygens (including phenoxy) is 2. The van der Waals surface area contributed by atoms with Gasteiger partial charge in [0, 0.05) is 19.2 Å². The van der Waals surface area contributed by atoms with Gasteiger partial charge in [0.2, 0.25) is 5.95 Å². The summed E-state index contributed by atoms with van der Waals surface area (Å²) in [6.07, 6.45) is 0. The molecule has 6 nitrogen and oxygen atoms in total. The number of benzene rings is 2. The van der Waals surface area contributed by atoms with E-state index in [0.717, 1.165) is 22.6 Å². The van der Waals surface area contributed by atoms with Crippen molar-refractivity contribution in [2.75, 3.05) is 24.9 Å². The van der Waals surface area contributed by atoms with E-state index in [-0.39, 0.29) is 5.95 Å². The molecule has 0 saturated carbocycles. The summed E-state index contributed by atoms with van der Waals surface area (Å²) in [5.74, 6) is 2.44. The number of anilines is 2. The van der Waals surface area contributed by atoms with E-state index < -0.39 is 0 Å². The zero-order chi connectivity index (χ0) is 19.2. The van der Waals surface area contributed by atoms with Crippen LogP contribution in [0.4, 0.5) is 11.8 Å². The Bertz CT molecular complexity index is 816. The van der Waals surface area contributed by atoms with Crippen molar-refractivity contribution >= 4 is 23.4 Å². The highest BCUT2D eigenvalue weighted by atomic mass is 35.5. The van der Waals surface area contributed by atoms with Gasteiger partial charge in [-0.25, -0.2) is 4.98 Å². The molecule has 0 unspecified atom stereocenters. The average molecular weight is 385 g/mol. The van der Waals surface area contributed by atoms with Gasteiger partial charge in [0.05, 0.1) is 14.2 Å². The molecular weight excluding hydrogens is 364 g/mol. The molecular formula is C20H21ClN4O2. The maximum absolute atomic E-state index is 6.09. The number of rotatable bonds is 7. The number of nitrogens with zero attached hydrogens (tertiary/aromatic N) is 3. The molecule has 27 heavy (non-hydrogen) atoms. The van der Waals surface area contributed by atoms with E-state index in [1.165, 1.54) is 0 Å².